The van der Waals surface area contributed by atoms with Crippen molar-refractivity contribution in [1.29, 1.82) is 0 Å². The van der Waals surface area contributed by atoms with Gasteiger partial charge < -0.3 is 19.7 Å². The van der Waals surface area contributed by atoms with E-state index < -0.39 is 11.6 Å². The van der Waals surface area contributed by atoms with Crippen molar-refractivity contribution >= 4 is 11.6 Å². The zero-order valence-electron chi connectivity index (χ0n) is 12.8. The number of ether oxygens (including phenoxy) is 2. The van der Waals surface area contributed by atoms with E-state index in [0.29, 0.717) is 5.56 Å². The van der Waals surface area contributed by atoms with Gasteiger partial charge in [-0.2, -0.15) is 0 Å². The maximum absolute atomic E-state index is 12.8. The van der Waals surface area contributed by atoms with Gasteiger partial charge in [0.15, 0.2) is 17.3 Å². The molecule has 0 aliphatic heterocycles. The average molecular weight is 314 g/mol. The highest BCUT2D eigenvalue weighted by molar-refractivity contribution is 6.30. The Morgan fingerprint density at radius 2 is 1.57 bits per heavy atom. The van der Waals surface area contributed by atoms with Crippen LogP contribution in [0.25, 0.3) is 0 Å². The molecular formula is C17H14O6. The van der Waals surface area contributed by atoms with Crippen molar-refractivity contribution in [2.45, 2.75) is 6.92 Å². The minimum atomic E-state index is -0.578. The minimum Gasteiger partial charge on any atom is -0.507 e. The lowest BCUT2D eigenvalue weighted by Crippen LogP contribution is -2.22. The fraction of sp³-hybridized carbons (Fsp3) is 0.176. The van der Waals surface area contributed by atoms with Gasteiger partial charge in [-0.15, -0.1) is 0 Å². The van der Waals surface area contributed by atoms with Crippen molar-refractivity contribution < 1.29 is 29.3 Å². The molecule has 0 atom stereocenters. The van der Waals surface area contributed by atoms with Crippen molar-refractivity contribution in [2.75, 3.05) is 14.2 Å². The van der Waals surface area contributed by atoms with Gasteiger partial charge in [-0.1, -0.05) is 6.07 Å². The molecule has 23 heavy (non-hydrogen) atoms. The molecule has 0 amide bonds. The molecule has 0 bridgehead atoms. The number of aromatic hydroxyl groups is 2. The Morgan fingerprint density at radius 1 is 0.870 bits per heavy atom. The van der Waals surface area contributed by atoms with Crippen molar-refractivity contribution in [2.24, 2.45) is 0 Å². The van der Waals surface area contributed by atoms with Gasteiger partial charge in [0.1, 0.15) is 5.75 Å². The molecule has 0 spiro atoms. The molecule has 0 radical (unpaired) electrons. The second kappa shape index (κ2) is 5.01. The van der Waals surface area contributed by atoms with E-state index in [0.717, 1.165) is 0 Å². The topological polar surface area (TPSA) is 93.1 Å². The maximum atomic E-state index is 12.8. The monoisotopic (exact) mass is 314 g/mol. The fourth-order valence-corrected chi connectivity index (χ4v) is 2.77. The molecule has 6 heteroatoms. The molecule has 2 N–H and O–H groups in total. The summed E-state index contributed by atoms with van der Waals surface area (Å²) in [5, 5.41) is 20.3. The Labute approximate surface area is 131 Å². The third-order valence-corrected chi connectivity index (χ3v) is 3.97. The molecular weight excluding hydrogens is 300 g/mol. The Balaban J connectivity index is 2.40. The molecule has 1 aliphatic carbocycles. The molecule has 0 fully saturated rings. The van der Waals surface area contributed by atoms with E-state index in [-0.39, 0.29) is 45.3 Å². The first-order chi connectivity index (χ1) is 10.9. The predicted octanol–water partition coefficient (Wildman–Crippen LogP) is 2.20. The maximum Gasteiger partial charge on any atom is 0.202 e. The van der Waals surface area contributed by atoms with Gasteiger partial charge in [-0.05, 0) is 24.6 Å². The number of rotatable bonds is 2. The first kappa shape index (κ1) is 14.9. The van der Waals surface area contributed by atoms with E-state index >= 15 is 0 Å². The third kappa shape index (κ3) is 1.88. The van der Waals surface area contributed by atoms with E-state index in [9.17, 15) is 19.8 Å². The van der Waals surface area contributed by atoms with Crippen LogP contribution >= 0.6 is 0 Å². The predicted molar refractivity (Wildman–Crippen MR) is 80.9 cm³/mol. The number of hydrogen-bond acceptors (Lipinski definition) is 6. The molecule has 0 saturated carbocycles. The van der Waals surface area contributed by atoms with Crippen LogP contribution in [0.3, 0.4) is 0 Å². The van der Waals surface area contributed by atoms with Crippen LogP contribution in [0, 0.1) is 6.92 Å². The van der Waals surface area contributed by atoms with Crippen LogP contribution in [0.1, 0.15) is 37.4 Å². The summed E-state index contributed by atoms with van der Waals surface area (Å²) >= 11 is 0. The quantitative estimate of drug-likeness (QED) is 0.753. The van der Waals surface area contributed by atoms with Crippen LogP contribution < -0.4 is 9.47 Å². The van der Waals surface area contributed by atoms with E-state index in [1.54, 1.807) is 13.0 Å². The van der Waals surface area contributed by atoms with Gasteiger partial charge >= 0.3 is 0 Å². The molecule has 6 nitrogen and oxygen atoms in total. The molecule has 118 valence electrons. The van der Waals surface area contributed by atoms with Crippen molar-refractivity contribution in [3.8, 4) is 23.0 Å². The number of phenolic OH excluding ortho intramolecular Hbond substituents is 2. The third-order valence-electron chi connectivity index (χ3n) is 3.97. The van der Waals surface area contributed by atoms with Crippen LogP contribution in [-0.4, -0.2) is 36.0 Å². The molecule has 2 aromatic carbocycles. The standard InChI is InChI=1S/C17H14O6/c1-7-4-5-8-11(13(7)18)16(21)12-9(14(8)19)6-10(22-2)15(20)17(12)23-3/h4-6,18,20H,1-3H3. The van der Waals surface area contributed by atoms with Crippen LogP contribution in [0.2, 0.25) is 0 Å². The molecule has 0 unspecified atom stereocenters. The van der Waals surface area contributed by atoms with Gasteiger partial charge in [-0.25, -0.2) is 0 Å². The zero-order chi connectivity index (χ0) is 16.9. The lowest BCUT2D eigenvalue weighted by Gasteiger charge is -2.22. The Kier molecular flexibility index (Phi) is 3.25. The first-order valence-corrected chi connectivity index (χ1v) is 6.82. The summed E-state index contributed by atoms with van der Waals surface area (Å²) in [6, 6.07) is 4.37. The number of carbonyl (C=O) groups excluding carboxylic acids is 2. The van der Waals surface area contributed by atoms with Crippen molar-refractivity contribution in [1.82, 2.24) is 0 Å². The number of methoxy groups -OCH3 is 2. The molecule has 1 aliphatic rings. The number of aryl methyl sites for hydroxylation is 1. The Hall–Kier alpha value is -3.02. The highest BCUT2D eigenvalue weighted by atomic mass is 16.5. The number of phenols is 2. The summed E-state index contributed by atoms with van der Waals surface area (Å²) in [7, 11) is 2.61. The van der Waals surface area contributed by atoms with E-state index in [1.807, 2.05) is 0 Å². The average Bonchev–Trinajstić information content (AvgIpc) is 2.54. The van der Waals surface area contributed by atoms with Crippen LogP contribution in [0.15, 0.2) is 18.2 Å². The lowest BCUT2D eigenvalue weighted by molar-refractivity contribution is 0.0973. The van der Waals surface area contributed by atoms with Crippen molar-refractivity contribution in [3.05, 3.63) is 46.0 Å². The minimum absolute atomic E-state index is 0.0292. The van der Waals surface area contributed by atoms with Crippen LogP contribution in [0.4, 0.5) is 0 Å². The van der Waals surface area contributed by atoms with Crippen LogP contribution in [-0.2, 0) is 0 Å². The van der Waals surface area contributed by atoms with Gasteiger partial charge in [0.25, 0.3) is 0 Å². The van der Waals surface area contributed by atoms with Gasteiger partial charge in [0, 0.05) is 11.1 Å². The molecule has 2 aromatic rings. The smallest absolute Gasteiger partial charge is 0.202 e. The highest BCUT2D eigenvalue weighted by Gasteiger charge is 2.37. The number of fused-ring (bicyclic) bond motifs is 2. The Morgan fingerprint density at radius 3 is 2.17 bits per heavy atom. The van der Waals surface area contributed by atoms with Crippen molar-refractivity contribution in [3.63, 3.8) is 0 Å². The van der Waals surface area contributed by atoms with Gasteiger partial charge in [-0.3, -0.25) is 9.59 Å². The second-order valence-electron chi connectivity index (χ2n) is 5.20. The summed E-state index contributed by atoms with van der Waals surface area (Å²) in [5.74, 6) is -1.76. The number of carbonyl (C=O) groups is 2. The first-order valence-electron chi connectivity index (χ1n) is 6.82. The summed E-state index contributed by atoms with van der Waals surface area (Å²) < 4.78 is 10.1. The van der Waals surface area contributed by atoms with E-state index in [1.165, 1.54) is 26.4 Å². The Bertz CT molecular complexity index is 866. The van der Waals surface area contributed by atoms with Crippen LogP contribution in [0.5, 0.6) is 23.0 Å². The van der Waals surface area contributed by atoms with Gasteiger partial charge in [0.2, 0.25) is 11.5 Å². The molecule has 0 aromatic heterocycles. The number of hydrogen-bond donors (Lipinski definition) is 2. The normalized spacial score (nSPS) is 12.7. The summed E-state index contributed by atoms with van der Waals surface area (Å²) in [6.07, 6.45) is 0. The molecule has 0 heterocycles. The van der Waals surface area contributed by atoms with Gasteiger partial charge in [0.05, 0.1) is 25.3 Å². The lowest BCUT2D eigenvalue weighted by atomic mass is 9.82. The summed E-state index contributed by atoms with van der Waals surface area (Å²) in [5.41, 5.74) is 0.497. The largest absolute Gasteiger partial charge is 0.507 e. The summed E-state index contributed by atoms with van der Waals surface area (Å²) in [6.45, 7) is 1.63. The van der Waals surface area contributed by atoms with E-state index in [4.69, 9.17) is 9.47 Å². The molecule has 3 rings (SSSR count). The second-order valence-corrected chi connectivity index (χ2v) is 5.20. The highest BCUT2D eigenvalue weighted by Crippen LogP contribution is 2.46. The molecule has 0 saturated heterocycles. The number of benzene rings is 2. The SMILES string of the molecule is COc1cc2c(c(OC)c1O)C(=O)c1c(ccc(C)c1O)C2=O. The summed E-state index contributed by atoms with van der Waals surface area (Å²) in [4.78, 5) is 25.5. The fourth-order valence-electron chi connectivity index (χ4n) is 2.77. The number of ketones is 2. The van der Waals surface area contributed by atoms with E-state index in [2.05, 4.69) is 0 Å². The zero-order valence-corrected chi connectivity index (χ0v) is 12.8.